The van der Waals surface area contributed by atoms with Crippen molar-refractivity contribution in [1.82, 2.24) is 9.80 Å². The average Bonchev–Trinajstić information content (AvgIpc) is 2.68. The van der Waals surface area contributed by atoms with E-state index in [9.17, 15) is 5.11 Å². The van der Waals surface area contributed by atoms with Crippen LogP contribution in [0.2, 0.25) is 0 Å². The Kier molecular flexibility index (Phi) is 6.43. The lowest BCUT2D eigenvalue weighted by molar-refractivity contribution is 0.0502. The van der Waals surface area contributed by atoms with E-state index in [2.05, 4.69) is 40.7 Å². The number of likely N-dealkylation sites (tertiary alicyclic amines) is 1. The lowest BCUT2D eigenvalue weighted by Crippen LogP contribution is -2.56. The molecule has 5 heteroatoms. The van der Waals surface area contributed by atoms with Crippen molar-refractivity contribution in [3.05, 3.63) is 24.3 Å². The number of hydrogen-bond donors (Lipinski definition) is 1. The molecule has 2 saturated heterocycles. The number of hydrogen-bond acceptors (Lipinski definition) is 5. The van der Waals surface area contributed by atoms with Crippen LogP contribution < -0.4 is 9.64 Å². The van der Waals surface area contributed by atoms with Crippen molar-refractivity contribution in [2.24, 2.45) is 5.41 Å². The molecule has 1 aromatic rings. The third-order valence-corrected chi connectivity index (χ3v) is 5.82. The fourth-order valence-electron chi connectivity index (χ4n) is 4.35. The summed E-state index contributed by atoms with van der Waals surface area (Å²) in [4.78, 5) is 7.67. The summed E-state index contributed by atoms with van der Waals surface area (Å²) in [5, 5.41) is 9.57. The van der Waals surface area contributed by atoms with Crippen LogP contribution in [0.15, 0.2) is 24.3 Å². The zero-order chi connectivity index (χ0) is 18.6. The van der Waals surface area contributed by atoms with E-state index in [0.29, 0.717) is 6.04 Å². The molecular formula is C21H35N3O2. The molecule has 0 unspecified atom stereocenters. The molecule has 2 aliphatic heterocycles. The minimum Gasteiger partial charge on any atom is -0.495 e. The standard InChI is InChI=1S/C21H35N3O2/c1-21(2,17-25)16-22-10-6-7-18(15-22)23-11-13-24(14-12-23)19-8-4-5-9-20(19)26-3/h4-5,8-9,18,25H,6-7,10-17H2,1-3H3/t18-/m1/s1. The Hall–Kier alpha value is -1.30. The molecule has 0 aromatic heterocycles. The monoisotopic (exact) mass is 361 g/mol. The Morgan fingerprint density at radius 1 is 1.12 bits per heavy atom. The molecule has 0 amide bonds. The van der Waals surface area contributed by atoms with Gasteiger partial charge in [-0.25, -0.2) is 0 Å². The second kappa shape index (κ2) is 8.59. The van der Waals surface area contributed by atoms with Gasteiger partial charge in [0.05, 0.1) is 12.8 Å². The van der Waals surface area contributed by atoms with E-state index in [-0.39, 0.29) is 12.0 Å². The SMILES string of the molecule is COc1ccccc1N1CCN([C@@H]2CCCN(CC(C)(C)CO)C2)CC1. The van der Waals surface area contributed by atoms with Gasteiger partial charge in [-0.15, -0.1) is 0 Å². The maximum atomic E-state index is 9.57. The molecule has 3 rings (SSSR count). The number of piperidine rings is 1. The van der Waals surface area contributed by atoms with Gasteiger partial charge in [-0.05, 0) is 31.5 Å². The van der Waals surface area contributed by atoms with Crippen LogP contribution in [-0.4, -0.2) is 80.5 Å². The number of ether oxygens (including phenoxy) is 1. The van der Waals surface area contributed by atoms with Crippen LogP contribution in [0.4, 0.5) is 5.69 Å². The topological polar surface area (TPSA) is 39.2 Å². The summed E-state index contributed by atoms with van der Waals surface area (Å²) in [7, 11) is 1.75. The molecule has 146 valence electrons. The number of rotatable bonds is 6. The third kappa shape index (κ3) is 4.70. The van der Waals surface area contributed by atoms with Gasteiger partial charge in [0, 0.05) is 57.3 Å². The average molecular weight is 362 g/mol. The lowest BCUT2D eigenvalue weighted by atomic mass is 9.92. The number of benzene rings is 1. The Morgan fingerprint density at radius 2 is 1.85 bits per heavy atom. The highest BCUT2D eigenvalue weighted by Gasteiger charge is 2.30. The molecular weight excluding hydrogens is 326 g/mol. The maximum Gasteiger partial charge on any atom is 0.142 e. The van der Waals surface area contributed by atoms with Gasteiger partial charge in [0.15, 0.2) is 0 Å². The number of piperazine rings is 1. The summed E-state index contributed by atoms with van der Waals surface area (Å²) in [6, 6.07) is 8.98. The van der Waals surface area contributed by atoms with Crippen LogP contribution in [0.25, 0.3) is 0 Å². The van der Waals surface area contributed by atoms with Gasteiger partial charge < -0.3 is 19.6 Å². The van der Waals surface area contributed by atoms with E-state index in [1.165, 1.54) is 25.1 Å². The molecule has 0 bridgehead atoms. The molecule has 1 atom stereocenters. The lowest BCUT2D eigenvalue weighted by Gasteiger charge is -2.45. The van der Waals surface area contributed by atoms with Crippen molar-refractivity contribution in [3.63, 3.8) is 0 Å². The number of nitrogens with zero attached hydrogens (tertiary/aromatic N) is 3. The molecule has 1 N–H and O–H groups in total. The van der Waals surface area contributed by atoms with E-state index in [1.807, 2.05) is 12.1 Å². The Bertz CT molecular complexity index is 570. The highest BCUT2D eigenvalue weighted by atomic mass is 16.5. The van der Waals surface area contributed by atoms with Crippen LogP contribution in [0.1, 0.15) is 26.7 Å². The van der Waals surface area contributed by atoms with Crippen LogP contribution >= 0.6 is 0 Å². The number of aliphatic hydroxyl groups is 1. The van der Waals surface area contributed by atoms with Gasteiger partial charge in [-0.1, -0.05) is 26.0 Å². The van der Waals surface area contributed by atoms with E-state index in [0.717, 1.165) is 45.0 Å². The summed E-state index contributed by atoms with van der Waals surface area (Å²) in [5.74, 6) is 0.969. The van der Waals surface area contributed by atoms with Gasteiger partial charge in [-0.3, -0.25) is 4.90 Å². The molecule has 5 nitrogen and oxygen atoms in total. The molecule has 1 aromatic carbocycles. The maximum absolute atomic E-state index is 9.57. The molecule has 0 radical (unpaired) electrons. The number of para-hydroxylation sites is 2. The van der Waals surface area contributed by atoms with Gasteiger partial charge in [-0.2, -0.15) is 0 Å². The predicted molar refractivity (Wildman–Crippen MR) is 107 cm³/mol. The van der Waals surface area contributed by atoms with Crippen LogP contribution in [-0.2, 0) is 0 Å². The smallest absolute Gasteiger partial charge is 0.142 e. The second-order valence-corrected chi connectivity index (χ2v) is 8.55. The summed E-state index contributed by atoms with van der Waals surface area (Å²) < 4.78 is 5.53. The molecule has 2 fully saturated rings. The highest BCUT2D eigenvalue weighted by Crippen LogP contribution is 2.29. The quantitative estimate of drug-likeness (QED) is 0.842. The van der Waals surface area contributed by atoms with Crippen molar-refractivity contribution in [2.45, 2.75) is 32.7 Å². The van der Waals surface area contributed by atoms with Gasteiger partial charge in [0.1, 0.15) is 5.75 Å². The number of methoxy groups -OCH3 is 1. The summed E-state index contributed by atoms with van der Waals surface area (Å²) in [6.07, 6.45) is 2.56. The van der Waals surface area contributed by atoms with Gasteiger partial charge >= 0.3 is 0 Å². The predicted octanol–water partition coefficient (Wildman–Crippen LogP) is 2.30. The van der Waals surface area contributed by atoms with Crippen LogP contribution in [0, 0.1) is 5.41 Å². The molecule has 26 heavy (non-hydrogen) atoms. The molecule has 0 saturated carbocycles. The van der Waals surface area contributed by atoms with E-state index in [4.69, 9.17) is 4.74 Å². The van der Waals surface area contributed by atoms with Gasteiger partial charge in [0.2, 0.25) is 0 Å². The van der Waals surface area contributed by atoms with Crippen molar-refractivity contribution in [2.75, 3.05) is 64.4 Å². The van der Waals surface area contributed by atoms with E-state index < -0.39 is 0 Å². The summed E-state index contributed by atoms with van der Waals surface area (Å²) in [5.41, 5.74) is 1.20. The fourth-order valence-corrected chi connectivity index (χ4v) is 4.35. The number of anilines is 1. The summed E-state index contributed by atoms with van der Waals surface area (Å²) in [6.45, 7) is 12.2. The first kappa shape index (κ1) is 19.5. The largest absolute Gasteiger partial charge is 0.495 e. The normalized spacial score (nSPS) is 23.2. The Morgan fingerprint density at radius 3 is 2.54 bits per heavy atom. The Labute approximate surface area is 158 Å². The first-order valence-corrected chi connectivity index (χ1v) is 9.97. The fraction of sp³-hybridized carbons (Fsp3) is 0.714. The van der Waals surface area contributed by atoms with Crippen LogP contribution in [0.3, 0.4) is 0 Å². The highest BCUT2D eigenvalue weighted by molar-refractivity contribution is 5.58. The van der Waals surface area contributed by atoms with Crippen LogP contribution in [0.5, 0.6) is 5.75 Å². The molecule has 2 aliphatic rings. The minimum absolute atomic E-state index is 0.00947. The van der Waals surface area contributed by atoms with Crippen molar-refractivity contribution < 1.29 is 9.84 Å². The van der Waals surface area contributed by atoms with E-state index in [1.54, 1.807) is 7.11 Å². The molecule has 0 spiro atoms. The first-order valence-electron chi connectivity index (χ1n) is 9.97. The second-order valence-electron chi connectivity index (χ2n) is 8.55. The zero-order valence-corrected chi connectivity index (χ0v) is 16.7. The van der Waals surface area contributed by atoms with Crippen molar-refractivity contribution >= 4 is 5.69 Å². The number of aliphatic hydroxyl groups excluding tert-OH is 1. The van der Waals surface area contributed by atoms with E-state index >= 15 is 0 Å². The summed E-state index contributed by atoms with van der Waals surface area (Å²) >= 11 is 0. The first-order chi connectivity index (χ1) is 12.5. The molecule has 0 aliphatic carbocycles. The zero-order valence-electron chi connectivity index (χ0n) is 16.7. The Balaban J connectivity index is 1.54. The van der Waals surface area contributed by atoms with Crippen molar-refractivity contribution in [1.29, 1.82) is 0 Å². The minimum atomic E-state index is -0.00947. The molecule has 2 heterocycles. The van der Waals surface area contributed by atoms with Crippen molar-refractivity contribution in [3.8, 4) is 5.75 Å². The van der Waals surface area contributed by atoms with Gasteiger partial charge in [0.25, 0.3) is 0 Å². The third-order valence-electron chi connectivity index (χ3n) is 5.82.